The molecule has 0 saturated heterocycles. The first-order valence-electron chi connectivity index (χ1n) is 4.59. The van der Waals surface area contributed by atoms with Gasteiger partial charge in [-0.1, -0.05) is 29.3 Å². The van der Waals surface area contributed by atoms with Crippen molar-refractivity contribution >= 4 is 29.1 Å². The van der Waals surface area contributed by atoms with Gasteiger partial charge in [-0.3, -0.25) is 4.79 Å². The molecule has 16 heavy (non-hydrogen) atoms. The number of carbonyl (C=O) groups excluding carboxylic acids is 1. The highest BCUT2D eigenvalue weighted by molar-refractivity contribution is 6.37. The summed E-state index contributed by atoms with van der Waals surface area (Å²) >= 11 is 11.7. The van der Waals surface area contributed by atoms with Crippen LogP contribution in [-0.2, 0) is 4.79 Å². The molecule has 0 saturated carbocycles. The fourth-order valence-corrected chi connectivity index (χ4v) is 1.53. The third kappa shape index (κ3) is 3.89. The second-order valence-corrected chi connectivity index (χ2v) is 3.72. The van der Waals surface area contributed by atoms with Crippen molar-refractivity contribution in [2.45, 2.75) is 0 Å². The Morgan fingerprint density at radius 1 is 1.38 bits per heavy atom. The first-order valence-corrected chi connectivity index (χ1v) is 5.35. The van der Waals surface area contributed by atoms with Crippen LogP contribution in [0.4, 0.5) is 0 Å². The van der Waals surface area contributed by atoms with Gasteiger partial charge in [0.05, 0.1) is 16.6 Å². The second kappa shape index (κ2) is 6.58. The first kappa shape index (κ1) is 13.1. The molecule has 0 aromatic heterocycles. The van der Waals surface area contributed by atoms with Crippen LogP contribution in [0.25, 0.3) is 0 Å². The molecule has 6 heteroatoms. The van der Waals surface area contributed by atoms with Gasteiger partial charge in [0.1, 0.15) is 13.2 Å². The van der Waals surface area contributed by atoms with Crippen LogP contribution in [0.2, 0.25) is 10.0 Å². The number of para-hydroxylation sites is 1. The van der Waals surface area contributed by atoms with Gasteiger partial charge in [0.2, 0.25) is 5.91 Å². The molecule has 88 valence electrons. The van der Waals surface area contributed by atoms with Gasteiger partial charge in [-0.25, -0.2) is 0 Å². The molecule has 0 aliphatic carbocycles. The van der Waals surface area contributed by atoms with Crippen molar-refractivity contribution in [3.8, 4) is 5.75 Å². The summed E-state index contributed by atoms with van der Waals surface area (Å²) in [4.78, 5) is 10.7. The summed E-state index contributed by atoms with van der Waals surface area (Å²) in [5.74, 6) is -0.0575. The first-order chi connectivity index (χ1) is 7.65. The van der Waals surface area contributed by atoms with Gasteiger partial charge >= 0.3 is 0 Å². The Morgan fingerprint density at radius 3 is 2.56 bits per heavy atom. The number of halogens is 2. The highest BCUT2D eigenvalue weighted by Crippen LogP contribution is 2.31. The third-order valence-electron chi connectivity index (χ3n) is 1.73. The predicted octanol–water partition coefficient (Wildman–Crippen LogP) is 1.48. The number of ether oxygens (including phenoxy) is 1. The SMILES string of the molecule is O=C(CO)NCCOc1c(Cl)cccc1Cl. The molecule has 0 heterocycles. The smallest absolute Gasteiger partial charge is 0.245 e. The average Bonchev–Trinajstić information content (AvgIpc) is 2.27. The van der Waals surface area contributed by atoms with Gasteiger partial charge < -0.3 is 15.2 Å². The fraction of sp³-hybridized carbons (Fsp3) is 0.300. The van der Waals surface area contributed by atoms with Crippen LogP contribution in [0, 0.1) is 0 Å². The van der Waals surface area contributed by atoms with Crippen molar-refractivity contribution in [1.82, 2.24) is 5.32 Å². The largest absolute Gasteiger partial charge is 0.489 e. The van der Waals surface area contributed by atoms with Gasteiger partial charge in [-0.15, -0.1) is 0 Å². The van der Waals surface area contributed by atoms with Crippen molar-refractivity contribution in [3.05, 3.63) is 28.2 Å². The molecular weight excluding hydrogens is 253 g/mol. The number of rotatable bonds is 5. The number of hydrogen-bond donors (Lipinski definition) is 2. The van der Waals surface area contributed by atoms with Crippen molar-refractivity contribution < 1.29 is 14.6 Å². The van der Waals surface area contributed by atoms with Crippen LogP contribution in [0.5, 0.6) is 5.75 Å². The van der Waals surface area contributed by atoms with E-state index in [0.717, 1.165) is 0 Å². The molecule has 0 bridgehead atoms. The van der Waals surface area contributed by atoms with Crippen LogP contribution in [-0.4, -0.2) is 30.8 Å². The van der Waals surface area contributed by atoms with Crippen LogP contribution >= 0.6 is 23.2 Å². The number of hydrogen-bond acceptors (Lipinski definition) is 3. The maximum atomic E-state index is 10.7. The molecule has 0 unspecified atom stereocenters. The lowest BCUT2D eigenvalue weighted by atomic mass is 10.3. The van der Waals surface area contributed by atoms with E-state index in [1.165, 1.54) is 0 Å². The predicted molar refractivity (Wildman–Crippen MR) is 62.1 cm³/mol. The number of benzene rings is 1. The van der Waals surface area contributed by atoms with E-state index in [1.807, 2.05) is 0 Å². The van der Waals surface area contributed by atoms with Crippen molar-refractivity contribution in [2.24, 2.45) is 0 Å². The lowest BCUT2D eigenvalue weighted by Crippen LogP contribution is -2.30. The number of nitrogens with one attached hydrogen (secondary N) is 1. The zero-order valence-corrected chi connectivity index (χ0v) is 9.88. The fourth-order valence-electron chi connectivity index (χ4n) is 1.02. The Labute approximate surface area is 103 Å². The summed E-state index contributed by atoms with van der Waals surface area (Å²) in [6.07, 6.45) is 0. The highest BCUT2D eigenvalue weighted by atomic mass is 35.5. The number of aliphatic hydroxyl groups excluding tert-OH is 1. The van der Waals surface area contributed by atoms with E-state index in [2.05, 4.69) is 5.32 Å². The molecule has 0 fully saturated rings. The van der Waals surface area contributed by atoms with Crippen molar-refractivity contribution in [1.29, 1.82) is 0 Å². The van der Waals surface area contributed by atoms with Gasteiger partial charge in [0, 0.05) is 0 Å². The number of aliphatic hydroxyl groups is 1. The van der Waals surface area contributed by atoms with Crippen molar-refractivity contribution in [2.75, 3.05) is 19.8 Å². The highest BCUT2D eigenvalue weighted by Gasteiger charge is 2.06. The molecule has 4 nitrogen and oxygen atoms in total. The van der Waals surface area contributed by atoms with E-state index >= 15 is 0 Å². The molecule has 2 N–H and O–H groups in total. The minimum absolute atomic E-state index is 0.231. The molecule has 1 aromatic carbocycles. The normalized spacial score (nSPS) is 9.94. The van der Waals surface area contributed by atoms with E-state index < -0.39 is 12.5 Å². The molecule has 0 aliphatic rings. The van der Waals surface area contributed by atoms with E-state index in [1.54, 1.807) is 18.2 Å². The summed E-state index contributed by atoms with van der Waals surface area (Å²) in [6, 6.07) is 5.04. The van der Waals surface area contributed by atoms with Gasteiger partial charge in [0.15, 0.2) is 5.75 Å². The van der Waals surface area contributed by atoms with E-state index in [9.17, 15) is 4.79 Å². The molecule has 1 aromatic rings. The lowest BCUT2D eigenvalue weighted by Gasteiger charge is -2.09. The Hall–Kier alpha value is -0.970. The molecule has 0 aliphatic heterocycles. The average molecular weight is 264 g/mol. The maximum absolute atomic E-state index is 10.7. The molecule has 0 radical (unpaired) electrons. The summed E-state index contributed by atoms with van der Waals surface area (Å²) in [7, 11) is 0. The Morgan fingerprint density at radius 2 is 2.00 bits per heavy atom. The zero-order valence-electron chi connectivity index (χ0n) is 8.37. The zero-order chi connectivity index (χ0) is 12.0. The van der Waals surface area contributed by atoms with E-state index in [-0.39, 0.29) is 13.2 Å². The Bertz CT molecular complexity index is 351. The summed E-state index contributed by atoms with van der Waals surface area (Å²) in [5, 5.41) is 11.7. The minimum Gasteiger partial charge on any atom is -0.489 e. The van der Waals surface area contributed by atoms with Gasteiger partial charge in [-0.05, 0) is 12.1 Å². The summed E-state index contributed by atoms with van der Waals surface area (Å²) in [5.41, 5.74) is 0. The standard InChI is InChI=1S/C10H11Cl2NO3/c11-7-2-1-3-8(12)10(7)16-5-4-13-9(15)6-14/h1-3,14H,4-6H2,(H,13,15). The molecular formula is C10H11Cl2NO3. The lowest BCUT2D eigenvalue weighted by molar-refractivity contribution is -0.123. The number of amides is 1. The molecule has 0 spiro atoms. The quantitative estimate of drug-likeness (QED) is 0.792. The van der Waals surface area contributed by atoms with Crippen LogP contribution in [0.1, 0.15) is 0 Å². The molecule has 1 rings (SSSR count). The summed E-state index contributed by atoms with van der Waals surface area (Å²) in [6.45, 7) is -0.0248. The Balaban J connectivity index is 2.40. The molecule has 1 amide bonds. The van der Waals surface area contributed by atoms with E-state index in [4.69, 9.17) is 33.0 Å². The van der Waals surface area contributed by atoms with Crippen molar-refractivity contribution in [3.63, 3.8) is 0 Å². The van der Waals surface area contributed by atoms with E-state index in [0.29, 0.717) is 15.8 Å². The van der Waals surface area contributed by atoms with Gasteiger partial charge in [-0.2, -0.15) is 0 Å². The summed E-state index contributed by atoms with van der Waals surface area (Å²) < 4.78 is 5.30. The minimum atomic E-state index is -0.535. The number of carbonyl (C=O) groups is 1. The monoisotopic (exact) mass is 263 g/mol. The van der Waals surface area contributed by atoms with Crippen LogP contribution < -0.4 is 10.1 Å². The third-order valence-corrected chi connectivity index (χ3v) is 2.33. The van der Waals surface area contributed by atoms with Crippen LogP contribution in [0.15, 0.2) is 18.2 Å². The topological polar surface area (TPSA) is 58.6 Å². The van der Waals surface area contributed by atoms with Crippen LogP contribution in [0.3, 0.4) is 0 Å². The second-order valence-electron chi connectivity index (χ2n) is 2.91. The molecule has 0 atom stereocenters. The maximum Gasteiger partial charge on any atom is 0.245 e. The van der Waals surface area contributed by atoms with Gasteiger partial charge in [0.25, 0.3) is 0 Å². The Kier molecular flexibility index (Phi) is 5.38.